The summed E-state index contributed by atoms with van der Waals surface area (Å²) in [7, 11) is 1.87. The van der Waals surface area contributed by atoms with Crippen molar-refractivity contribution in [2.75, 3.05) is 0 Å². The standard InChI is InChI=1S/C15H12N4O3S/c1-18-11-6-2-3-8-13(11)23-15(18)17-16-9-10-5-4-7-12(14(10)20)19(21)22/h2-9,20H,1H3/p-1/b16-9-,17-15+. The van der Waals surface area contributed by atoms with Crippen LogP contribution in [0.2, 0.25) is 0 Å². The van der Waals surface area contributed by atoms with Gasteiger partial charge in [0.05, 0.1) is 21.4 Å². The van der Waals surface area contributed by atoms with E-state index in [0.29, 0.717) is 4.80 Å². The Kier molecular flexibility index (Phi) is 3.90. The third kappa shape index (κ3) is 2.84. The van der Waals surface area contributed by atoms with Crippen LogP contribution in [0.3, 0.4) is 0 Å². The first kappa shape index (κ1) is 14.9. The fraction of sp³-hybridized carbons (Fsp3) is 0.0667. The summed E-state index contributed by atoms with van der Waals surface area (Å²) in [6.07, 6.45) is 1.24. The van der Waals surface area contributed by atoms with E-state index in [1.807, 2.05) is 35.9 Å². The van der Waals surface area contributed by atoms with Gasteiger partial charge in [-0.3, -0.25) is 10.1 Å². The molecule has 0 bridgehead atoms. The highest BCUT2D eigenvalue weighted by molar-refractivity contribution is 7.16. The van der Waals surface area contributed by atoms with Gasteiger partial charge in [0.2, 0.25) is 4.80 Å². The lowest BCUT2D eigenvalue weighted by Gasteiger charge is -2.08. The largest absolute Gasteiger partial charge is 0.867 e. The number of hydrogen-bond acceptors (Lipinski definition) is 6. The van der Waals surface area contributed by atoms with Gasteiger partial charge in [-0.1, -0.05) is 35.6 Å². The zero-order valence-electron chi connectivity index (χ0n) is 12.0. The van der Waals surface area contributed by atoms with Gasteiger partial charge in [-0.15, -0.1) is 5.10 Å². The Morgan fingerprint density at radius 3 is 2.74 bits per heavy atom. The molecule has 0 saturated heterocycles. The number of nitrogens with zero attached hydrogens (tertiary/aromatic N) is 4. The molecule has 0 aliphatic heterocycles. The maximum absolute atomic E-state index is 11.9. The average molecular weight is 327 g/mol. The van der Waals surface area contributed by atoms with Gasteiger partial charge in [0.1, 0.15) is 0 Å². The second-order valence-electron chi connectivity index (χ2n) is 4.71. The normalized spacial score (nSPS) is 12.3. The van der Waals surface area contributed by atoms with E-state index in [4.69, 9.17) is 0 Å². The Morgan fingerprint density at radius 1 is 1.22 bits per heavy atom. The van der Waals surface area contributed by atoms with Gasteiger partial charge in [-0.2, -0.15) is 5.10 Å². The second kappa shape index (κ2) is 6.01. The Hall–Kier alpha value is -3.00. The molecule has 116 valence electrons. The van der Waals surface area contributed by atoms with Crippen LogP contribution in [0.25, 0.3) is 10.2 Å². The molecule has 3 aromatic rings. The molecule has 7 nitrogen and oxygen atoms in total. The molecule has 0 saturated carbocycles. The minimum atomic E-state index is -0.706. The number of rotatable bonds is 3. The first-order valence-electron chi connectivity index (χ1n) is 6.64. The highest BCUT2D eigenvalue weighted by Gasteiger charge is 2.07. The predicted molar refractivity (Wildman–Crippen MR) is 86.5 cm³/mol. The minimum absolute atomic E-state index is 0.131. The first-order valence-corrected chi connectivity index (χ1v) is 7.45. The first-order chi connectivity index (χ1) is 11.1. The zero-order valence-corrected chi connectivity index (χ0v) is 12.9. The molecule has 0 unspecified atom stereocenters. The third-order valence-corrected chi connectivity index (χ3v) is 4.38. The van der Waals surface area contributed by atoms with Crippen LogP contribution < -0.4 is 9.91 Å². The van der Waals surface area contributed by atoms with E-state index in [-0.39, 0.29) is 5.56 Å². The van der Waals surface area contributed by atoms with Crippen molar-refractivity contribution in [2.45, 2.75) is 0 Å². The Balaban J connectivity index is 1.99. The molecule has 0 radical (unpaired) electrons. The molecule has 0 aliphatic rings. The van der Waals surface area contributed by atoms with Crippen molar-refractivity contribution in [1.82, 2.24) is 4.57 Å². The van der Waals surface area contributed by atoms with E-state index < -0.39 is 16.4 Å². The van der Waals surface area contributed by atoms with Crippen molar-refractivity contribution in [2.24, 2.45) is 17.3 Å². The Labute approximate surface area is 134 Å². The number of nitro benzene ring substituents is 1. The maximum atomic E-state index is 11.9. The van der Waals surface area contributed by atoms with E-state index in [1.54, 1.807) is 0 Å². The van der Waals surface area contributed by atoms with Gasteiger partial charge in [0.25, 0.3) is 5.69 Å². The summed E-state index contributed by atoms with van der Waals surface area (Å²) in [6.45, 7) is 0. The van der Waals surface area contributed by atoms with Gasteiger partial charge in [-0.25, -0.2) is 0 Å². The lowest BCUT2D eigenvalue weighted by molar-refractivity contribution is -0.398. The maximum Gasteiger partial charge on any atom is 0.262 e. The highest BCUT2D eigenvalue weighted by atomic mass is 32.1. The number of aryl methyl sites for hydroxylation is 1. The monoisotopic (exact) mass is 327 g/mol. The zero-order chi connectivity index (χ0) is 16.4. The topological polar surface area (TPSA) is 95.8 Å². The molecule has 23 heavy (non-hydrogen) atoms. The summed E-state index contributed by atoms with van der Waals surface area (Å²) in [4.78, 5) is 10.7. The molecule has 8 heteroatoms. The second-order valence-corrected chi connectivity index (χ2v) is 5.72. The van der Waals surface area contributed by atoms with E-state index in [1.165, 1.54) is 35.8 Å². The summed E-state index contributed by atoms with van der Waals surface area (Å²) in [5, 5.41) is 30.6. The van der Waals surface area contributed by atoms with Gasteiger partial charge >= 0.3 is 0 Å². The molecule has 0 N–H and O–H groups in total. The van der Waals surface area contributed by atoms with Crippen LogP contribution in [0.4, 0.5) is 5.69 Å². The van der Waals surface area contributed by atoms with Crippen molar-refractivity contribution in [3.8, 4) is 5.75 Å². The van der Waals surface area contributed by atoms with E-state index in [2.05, 4.69) is 10.2 Å². The molecule has 3 rings (SSSR count). The van der Waals surface area contributed by atoms with Gasteiger partial charge < -0.3 is 9.67 Å². The van der Waals surface area contributed by atoms with Crippen LogP contribution in [0.5, 0.6) is 5.75 Å². The van der Waals surface area contributed by atoms with Gasteiger partial charge in [0, 0.05) is 13.1 Å². The Bertz CT molecular complexity index is 988. The quantitative estimate of drug-likeness (QED) is 0.419. The van der Waals surface area contributed by atoms with E-state index in [0.717, 1.165) is 10.2 Å². The molecule has 0 fully saturated rings. The summed E-state index contributed by atoms with van der Waals surface area (Å²) in [5.41, 5.74) is 0.694. The van der Waals surface area contributed by atoms with Crippen LogP contribution >= 0.6 is 11.3 Å². The Morgan fingerprint density at radius 2 is 2.00 bits per heavy atom. The predicted octanol–water partition coefficient (Wildman–Crippen LogP) is 2.16. The fourth-order valence-electron chi connectivity index (χ4n) is 2.11. The van der Waals surface area contributed by atoms with Crippen molar-refractivity contribution in [3.05, 3.63) is 62.9 Å². The van der Waals surface area contributed by atoms with E-state index in [9.17, 15) is 15.2 Å². The number of benzene rings is 2. The van der Waals surface area contributed by atoms with Crippen molar-refractivity contribution in [3.63, 3.8) is 0 Å². The van der Waals surface area contributed by atoms with E-state index >= 15 is 0 Å². The summed E-state index contributed by atoms with van der Waals surface area (Å²) in [6, 6.07) is 11.9. The number of nitro groups is 1. The van der Waals surface area contributed by atoms with Crippen LogP contribution in [-0.2, 0) is 7.05 Å². The SMILES string of the molecule is Cn1/c(=N\N=C/c2cccc([N+](=O)[O-])c2[O-])sc2ccccc21. The molecular weight excluding hydrogens is 316 g/mol. The van der Waals surface area contributed by atoms with Gasteiger partial charge in [0.15, 0.2) is 0 Å². The lowest BCUT2D eigenvalue weighted by Crippen LogP contribution is -2.09. The van der Waals surface area contributed by atoms with Crippen LogP contribution in [0.15, 0.2) is 52.7 Å². The molecule has 1 heterocycles. The molecule has 2 aromatic carbocycles. The van der Waals surface area contributed by atoms with Crippen molar-refractivity contribution >= 4 is 33.5 Å². The molecular formula is C15H11N4O3S-. The summed E-state index contributed by atoms with van der Waals surface area (Å²) >= 11 is 1.47. The van der Waals surface area contributed by atoms with Crippen LogP contribution in [0.1, 0.15) is 5.56 Å². The smallest absolute Gasteiger partial charge is 0.262 e. The molecule has 0 aliphatic carbocycles. The van der Waals surface area contributed by atoms with Crippen LogP contribution in [-0.4, -0.2) is 15.7 Å². The molecule has 0 spiro atoms. The average Bonchev–Trinajstić information content (AvgIpc) is 2.85. The summed E-state index contributed by atoms with van der Waals surface area (Å²) < 4.78 is 2.96. The number of thiazole rings is 1. The fourth-order valence-corrected chi connectivity index (χ4v) is 3.08. The molecule has 1 aromatic heterocycles. The summed E-state index contributed by atoms with van der Waals surface area (Å²) in [5.74, 6) is -0.669. The van der Waals surface area contributed by atoms with Crippen molar-refractivity contribution in [1.29, 1.82) is 0 Å². The third-order valence-electron chi connectivity index (χ3n) is 3.28. The minimum Gasteiger partial charge on any atom is -0.867 e. The van der Waals surface area contributed by atoms with Crippen molar-refractivity contribution < 1.29 is 10.0 Å². The number of aromatic nitrogens is 1. The highest BCUT2D eigenvalue weighted by Crippen LogP contribution is 2.25. The number of hydrogen-bond donors (Lipinski definition) is 0. The van der Waals surface area contributed by atoms with Gasteiger partial charge in [-0.05, 0) is 23.4 Å². The lowest BCUT2D eigenvalue weighted by atomic mass is 10.2. The molecule has 0 amide bonds. The molecule has 0 atom stereocenters. The number of para-hydroxylation sites is 2. The number of fused-ring (bicyclic) bond motifs is 1. The van der Waals surface area contributed by atoms with Crippen LogP contribution in [0, 0.1) is 10.1 Å².